The first-order valence-electron chi connectivity index (χ1n) is 4.86. The van der Waals surface area contributed by atoms with Crippen molar-refractivity contribution in [3.05, 3.63) is 54.3 Å². The Morgan fingerprint density at radius 2 is 1.87 bits per heavy atom. The molecule has 0 fully saturated rings. The van der Waals surface area contributed by atoms with Crippen LogP contribution in [-0.4, -0.2) is 5.66 Å². The Hall–Kier alpha value is -1.58. The van der Waals surface area contributed by atoms with Gasteiger partial charge in [0.15, 0.2) is 0 Å². The molecule has 0 bridgehead atoms. The molecule has 0 spiro atoms. The zero-order chi connectivity index (χ0) is 10.7. The first-order valence-corrected chi connectivity index (χ1v) is 4.86. The Labute approximate surface area is 89.0 Å². The van der Waals surface area contributed by atoms with Gasteiger partial charge in [0.25, 0.3) is 0 Å². The monoisotopic (exact) mass is 202 g/mol. The molecule has 0 saturated heterocycles. The Morgan fingerprint density at radius 3 is 2.47 bits per heavy atom. The molecule has 0 unspecified atom stereocenters. The van der Waals surface area contributed by atoms with E-state index in [9.17, 15) is 0 Å². The van der Waals surface area contributed by atoms with Crippen LogP contribution >= 0.6 is 0 Å². The Morgan fingerprint density at radius 1 is 1.13 bits per heavy atom. The van der Waals surface area contributed by atoms with E-state index in [-0.39, 0.29) is 0 Å². The highest BCUT2D eigenvalue weighted by atomic mass is 16.5. The minimum atomic E-state index is -0.733. The quantitative estimate of drug-likeness (QED) is 0.715. The van der Waals surface area contributed by atoms with E-state index in [4.69, 9.17) is 16.2 Å². The van der Waals surface area contributed by atoms with Crippen LogP contribution in [0.2, 0.25) is 0 Å². The van der Waals surface area contributed by atoms with Crippen molar-refractivity contribution < 1.29 is 4.74 Å². The maximum Gasteiger partial charge on any atom is 0.127 e. The molecule has 1 aliphatic rings. The van der Waals surface area contributed by atoms with Crippen molar-refractivity contribution in [1.29, 1.82) is 0 Å². The van der Waals surface area contributed by atoms with Gasteiger partial charge >= 0.3 is 0 Å². The normalized spacial score (nSPS) is 18.4. The van der Waals surface area contributed by atoms with Crippen LogP contribution < -0.4 is 16.2 Å². The summed E-state index contributed by atoms with van der Waals surface area (Å²) in [7, 11) is 0. The Balaban J connectivity index is 2.04. The lowest BCUT2D eigenvalue weighted by atomic mass is 10.0. The predicted molar refractivity (Wildman–Crippen MR) is 60.0 cm³/mol. The van der Waals surface area contributed by atoms with Gasteiger partial charge in [0.2, 0.25) is 0 Å². The second-order valence-corrected chi connectivity index (χ2v) is 3.67. The summed E-state index contributed by atoms with van der Waals surface area (Å²) in [6.45, 7) is 0. The van der Waals surface area contributed by atoms with Gasteiger partial charge < -0.3 is 16.2 Å². The van der Waals surface area contributed by atoms with E-state index in [1.54, 1.807) is 12.2 Å². The molecule has 3 nitrogen and oxygen atoms in total. The molecule has 0 radical (unpaired) electrons. The fourth-order valence-corrected chi connectivity index (χ4v) is 1.35. The SMILES string of the molecule is NC1(N)C=CC(Oc2ccccc2)=CC1. The molecule has 0 aromatic heterocycles. The first-order chi connectivity index (χ1) is 7.16. The molecule has 3 heteroatoms. The summed E-state index contributed by atoms with van der Waals surface area (Å²) < 4.78 is 5.61. The smallest absolute Gasteiger partial charge is 0.127 e. The predicted octanol–water partition coefficient (Wildman–Crippen LogP) is 1.52. The van der Waals surface area contributed by atoms with Gasteiger partial charge in [-0.1, -0.05) is 18.2 Å². The number of benzene rings is 1. The largest absolute Gasteiger partial charge is 0.458 e. The standard InChI is InChI=1S/C12H14N2O/c13-12(14)8-6-11(7-9-12)15-10-4-2-1-3-5-10/h1-8H,9,13-14H2. The minimum Gasteiger partial charge on any atom is -0.458 e. The summed E-state index contributed by atoms with van der Waals surface area (Å²) in [5.41, 5.74) is 10.7. The summed E-state index contributed by atoms with van der Waals surface area (Å²) >= 11 is 0. The van der Waals surface area contributed by atoms with Crippen molar-refractivity contribution >= 4 is 0 Å². The number of hydrogen-bond acceptors (Lipinski definition) is 3. The van der Waals surface area contributed by atoms with Gasteiger partial charge in [-0.3, -0.25) is 0 Å². The number of allylic oxidation sites excluding steroid dienone is 1. The molecule has 1 aliphatic carbocycles. The van der Waals surface area contributed by atoms with Crippen LogP contribution in [-0.2, 0) is 0 Å². The van der Waals surface area contributed by atoms with E-state index >= 15 is 0 Å². The Bertz CT molecular complexity index is 393. The molecular formula is C12H14N2O. The van der Waals surface area contributed by atoms with Crippen LogP contribution in [0.1, 0.15) is 6.42 Å². The van der Waals surface area contributed by atoms with E-state index in [0.717, 1.165) is 11.5 Å². The topological polar surface area (TPSA) is 61.3 Å². The zero-order valence-corrected chi connectivity index (χ0v) is 8.39. The fraction of sp³-hybridized carbons (Fsp3) is 0.167. The van der Waals surface area contributed by atoms with Gasteiger partial charge in [-0.15, -0.1) is 0 Å². The fourth-order valence-electron chi connectivity index (χ4n) is 1.35. The van der Waals surface area contributed by atoms with E-state index < -0.39 is 5.66 Å². The van der Waals surface area contributed by atoms with Crippen LogP contribution in [0, 0.1) is 0 Å². The average Bonchev–Trinajstić information content (AvgIpc) is 2.23. The van der Waals surface area contributed by atoms with Crippen LogP contribution in [0.3, 0.4) is 0 Å². The van der Waals surface area contributed by atoms with Crippen molar-refractivity contribution in [2.24, 2.45) is 11.5 Å². The summed E-state index contributed by atoms with van der Waals surface area (Å²) in [5, 5.41) is 0. The minimum absolute atomic E-state index is 0.589. The van der Waals surface area contributed by atoms with E-state index in [2.05, 4.69) is 0 Å². The molecule has 78 valence electrons. The van der Waals surface area contributed by atoms with Crippen molar-refractivity contribution in [2.45, 2.75) is 12.1 Å². The van der Waals surface area contributed by atoms with Crippen LogP contribution in [0.5, 0.6) is 5.75 Å². The molecule has 0 amide bonds. The summed E-state index contributed by atoms with van der Waals surface area (Å²) in [5.74, 6) is 1.60. The third-order valence-corrected chi connectivity index (χ3v) is 2.19. The summed E-state index contributed by atoms with van der Waals surface area (Å²) in [6, 6.07) is 9.61. The molecule has 0 atom stereocenters. The van der Waals surface area contributed by atoms with Crippen molar-refractivity contribution in [3.63, 3.8) is 0 Å². The van der Waals surface area contributed by atoms with E-state index in [1.165, 1.54) is 0 Å². The number of hydrogen-bond donors (Lipinski definition) is 2. The molecular weight excluding hydrogens is 188 g/mol. The number of para-hydroxylation sites is 1. The van der Waals surface area contributed by atoms with Crippen molar-refractivity contribution in [2.75, 3.05) is 0 Å². The van der Waals surface area contributed by atoms with Gasteiger partial charge in [-0.2, -0.15) is 0 Å². The first kappa shape index (κ1) is 9.96. The molecule has 0 saturated carbocycles. The Kier molecular flexibility index (Phi) is 2.58. The molecule has 0 aliphatic heterocycles. The van der Waals surface area contributed by atoms with Crippen molar-refractivity contribution in [1.82, 2.24) is 0 Å². The number of nitrogens with two attached hydrogens (primary N) is 2. The van der Waals surface area contributed by atoms with Gasteiger partial charge in [0.1, 0.15) is 11.5 Å². The zero-order valence-electron chi connectivity index (χ0n) is 8.39. The van der Waals surface area contributed by atoms with Crippen molar-refractivity contribution in [3.8, 4) is 5.75 Å². The highest BCUT2D eigenvalue weighted by Crippen LogP contribution is 2.18. The maximum absolute atomic E-state index is 5.72. The second kappa shape index (κ2) is 3.88. The third-order valence-electron chi connectivity index (χ3n) is 2.19. The van der Waals surface area contributed by atoms with Crippen LogP contribution in [0.15, 0.2) is 54.3 Å². The maximum atomic E-state index is 5.72. The number of ether oxygens (including phenoxy) is 1. The van der Waals surface area contributed by atoms with Crippen LogP contribution in [0.4, 0.5) is 0 Å². The van der Waals surface area contributed by atoms with Crippen LogP contribution in [0.25, 0.3) is 0 Å². The lowest BCUT2D eigenvalue weighted by Gasteiger charge is -2.22. The van der Waals surface area contributed by atoms with Gasteiger partial charge in [-0.05, 0) is 30.4 Å². The summed E-state index contributed by atoms with van der Waals surface area (Å²) in [6.07, 6.45) is 6.04. The van der Waals surface area contributed by atoms with Gasteiger partial charge in [0, 0.05) is 6.42 Å². The lowest BCUT2D eigenvalue weighted by molar-refractivity contribution is 0.426. The van der Waals surface area contributed by atoms with Gasteiger partial charge in [-0.25, -0.2) is 0 Å². The van der Waals surface area contributed by atoms with Gasteiger partial charge in [0.05, 0.1) is 5.66 Å². The lowest BCUT2D eigenvalue weighted by Crippen LogP contribution is -2.47. The van der Waals surface area contributed by atoms with E-state index in [0.29, 0.717) is 6.42 Å². The highest BCUT2D eigenvalue weighted by molar-refractivity contribution is 5.30. The third kappa shape index (κ3) is 2.68. The molecule has 1 aromatic carbocycles. The molecule has 4 N–H and O–H groups in total. The molecule has 2 rings (SSSR count). The highest BCUT2D eigenvalue weighted by Gasteiger charge is 2.17. The average molecular weight is 202 g/mol. The second-order valence-electron chi connectivity index (χ2n) is 3.67. The molecule has 15 heavy (non-hydrogen) atoms. The molecule has 1 aromatic rings. The number of rotatable bonds is 2. The molecule has 0 heterocycles. The van der Waals surface area contributed by atoms with E-state index in [1.807, 2.05) is 36.4 Å². The summed E-state index contributed by atoms with van der Waals surface area (Å²) in [4.78, 5) is 0.